The molecule has 34 heavy (non-hydrogen) atoms. The van der Waals surface area contributed by atoms with E-state index in [1.165, 1.54) is 13.3 Å². The molecule has 0 fully saturated rings. The first-order valence-electron chi connectivity index (χ1n) is 10.4. The molecule has 2 amide bonds. The fourth-order valence-corrected chi connectivity index (χ4v) is 4.01. The molecule has 1 aliphatic heterocycles. The Morgan fingerprint density at radius 2 is 1.97 bits per heavy atom. The summed E-state index contributed by atoms with van der Waals surface area (Å²) in [6.45, 7) is 5.70. The van der Waals surface area contributed by atoms with Crippen molar-refractivity contribution in [3.05, 3.63) is 63.8 Å². The standard InChI is InChI=1S/C24H24ClN5O4/c1-12-9-16(18(33-5)10-13(12)20(26)31)28-23-27-11-15(25)21(29-23)34-17-8-6-7-14-19(17)22(32)30(4)24(14,2)3/h6-11H,1-5H3,(H2,26,31)(H,27,28,29). The van der Waals surface area contributed by atoms with Gasteiger partial charge in [0.05, 0.1) is 30.1 Å². The molecule has 0 radical (unpaired) electrons. The van der Waals surface area contributed by atoms with Crippen molar-refractivity contribution in [2.24, 2.45) is 5.73 Å². The van der Waals surface area contributed by atoms with E-state index in [0.717, 1.165) is 5.56 Å². The maximum Gasteiger partial charge on any atom is 0.258 e. The van der Waals surface area contributed by atoms with Crippen LogP contribution in [0.1, 0.15) is 45.7 Å². The summed E-state index contributed by atoms with van der Waals surface area (Å²) in [4.78, 5) is 34.8. The van der Waals surface area contributed by atoms with Gasteiger partial charge < -0.3 is 25.4 Å². The Kier molecular flexibility index (Phi) is 5.82. The second-order valence-corrected chi connectivity index (χ2v) is 8.81. The van der Waals surface area contributed by atoms with Crippen LogP contribution in [0, 0.1) is 6.92 Å². The fraction of sp³-hybridized carbons (Fsp3) is 0.250. The molecule has 1 aromatic heterocycles. The Balaban J connectivity index is 1.69. The van der Waals surface area contributed by atoms with Gasteiger partial charge in [0.2, 0.25) is 17.7 Å². The SMILES string of the molecule is COc1cc(C(N)=O)c(C)cc1Nc1ncc(Cl)c(Oc2cccc3c2C(=O)N(C)C3(C)C)n1. The molecule has 3 N–H and O–H groups in total. The zero-order valence-corrected chi connectivity index (χ0v) is 20.1. The molecule has 9 nitrogen and oxygen atoms in total. The number of fused-ring (bicyclic) bond motifs is 1. The van der Waals surface area contributed by atoms with E-state index in [4.69, 9.17) is 26.8 Å². The maximum absolute atomic E-state index is 12.9. The number of carbonyl (C=O) groups excluding carboxylic acids is 2. The van der Waals surface area contributed by atoms with E-state index in [2.05, 4.69) is 15.3 Å². The molecule has 0 saturated carbocycles. The van der Waals surface area contributed by atoms with Gasteiger partial charge in [-0.1, -0.05) is 23.7 Å². The Hall–Kier alpha value is -3.85. The number of ether oxygens (including phenoxy) is 2. The van der Waals surface area contributed by atoms with Crippen LogP contribution in [-0.2, 0) is 5.54 Å². The van der Waals surface area contributed by atoms with Crippen molar-refractivity contribution >= 4 is 35.1 Å². The summed E-state index contributed by atoms with van der Waals surface area (Å²) in [6, 6.07) is 8.68. The van der Waals surface area contributed by atoms with E-state index >= 15 is 0 Å². The van der Waals surface area contributed by atoms with E-state index in [1.807, 2.05) is 26.0 Å². The van der Waals surface area contributed by atoms with Gasteiger partial charge in [-0.25, -0.2) is 4.98 Å². The highest BCUT2D eigenvalue weighted by Crippen LogP contribution is 2.43. The number of halogens is 1. The minimum absolute atomic E-state index is 0.0807. The minimum Gasteiger partial charge on any atom is -0.495 e. The first-order chi connectivity index (χ1) is 16.0. The average Bonchev–Trinajstić information content (AvgIpc) is 2.97. The number of amides is 2. The number of aryl methyl sites for hydroxylation is 1. The number of nitrogens with zero attached hydrogens (tertiary/aromatic N) is 3. The predicted molar refractivity (Wildman–Crippen MR) is 128 cm³/mol. The summed E-state index contributed by atoms with van der Waals surface area (Å²) in [5.74, 6) is 0.300. The first-order valence-corrected chi connectivity index (χ1v) is 10.8. The molecule has 10 heteroatoms. The number of methoxy groups -OCH3 is 1. The number of rotatable bonds is 6. The summed E-state index contributed by atoms with van der Waals surface area (Å²) in [6.07, 6.45) is 1.39. The van der Waals surface area contributed by atoms with Crippen LogP contribution in [0.15, 0.2) is 36.5 Å². The van der Waals surface area contributed by atoms with Gasteiger partial charge in [0.1, 0.15) is 16.5 Å². The van der Waals surface area contributed by atoms with E-state index in [9.17, 15) is 9.59 Å². The van der Waals surface area contributed by atoms with Crippen molar-refractivity contribution in [2.75, 3.05) is 19.5 Å². The Labute approximate surface area is 201 Å². The third kappa shape index (κ3) is 3.88. The van der Waals surface area contributed by atoms with Crippen molar-refractivity contribution in [3.8, 4) is 17.4 Å². The normalized spacial score (nSPS) is 14.1. The molecular formula is C24H24ClN5O4. The quantitative estimate of drug-likeness (QED) is 0.535. The molecule has 2 aromatic carbocycles. The number of primary amides is 1. The molecule has 3 aromatic rings. The lowest BCUT2D eigenvalue weighted by molar-refractivity contribution is 0.0689. The molecule has 4 rings (SSSR count). The lowest BCUT2D eigenvalue weighted by atomic mass is 9.94. The maximum atomic E-state index is 12.9. The van der Waals surface area contributed by atoms with Gasteiger partial charge in [-0.15, -0.1) is 0 Å². The summed E-state index contributed by atoms with van der Waals surface area (Å²) < 4.78 is 11.4. The monoisotopic (exact) mass is 481 g/mol. The van der Waals surface area contributed by atoms with E-state index < -0.39 is 11.4 Å². The smallest absolute Gasteiger partial charge is 0.258 e. The second-order valence-electron chi connectivity index (χ2n) is 8.41. The van der Waals surface area contributed by atoms with Crippen molar-refractivity contribution in [2.45, 2.75) is 26.3 Å². The first kappa shape index (κ1) is 23.3. The van der Waals surface area contributed by atoms with E-state index in [0.29, 0.717) is 33.9 Å². The molecule has 0 unspecified atom stereocenters. The summed E-state index contributed by atoms with van der Waals surface area (Å²) in [7, 11) is 3.23. The van der Waals surface area contributed by atoms with Crippen LogP contribution in [0.3, 0.4) is 0 Å². The average molecular weight is 482 g/mol. The number of carbonyl (C=O) groups is 2. The molecule has 0 bridgehead atoms. The molecule has 0 spiro atoms. The number of nitrogens with one attached hydrogen (secondary N) is 1. The van der Waals surface area contributed by atoms with Crippen LogP contribution in [0.25, 0.3) is 0 Å². The molecule has 0 saturated heterocycles. The number of aromatic nitrogens is 2. The third-order valence-corrected chi connectivity index (χ3v) is 6.28. The van der Waals surface area contributed by atoms with Crippen LogP contribution >= 0.6 is 11.6 Å². The second kappa shape index (κ2) is 8.49. The van der Waals surface area contributed by atoms with Crippen LogP contribution in [0.5, 0.6) is 17.4 Å². The molecule has 0 aliphatic carbocycles. The lowest BCUT2D eigenvalue weighted by Gasteiger charge is -2.28. The Bertz CT molecular complexity index is 1320. The molecular weight excluding hydrogens is 458 g/mol. The molecule has 176 valence electrons. The van der Waals surface area contributed by atoms with Crippen molar-refractivity contribution < 1.29 is 19.1 Å². The van der Waals surface area contributed by atoms with Gasteiger partial charge in [0.25, 0.3) is 5.91 Å². The van der Waals surface area contributed by atoms with E-state index in [-0.39, 0.29) is 22.8 Å². The van der Waals surface area contributed by atoms with Crippen molar-refractivity contribution in [1.82, 2.24) is 14.9 Å². The lowest BCUT2D eigenvalue weighted by Crippen LogP contribution is -2.35. The molecule has 0 atom stereocenters. The van der Waals surface area contributed by atoms with Crippen molar-refractivity contribution in [1.29, 1.82) is 0 Å². The number of anilines is 2. The number of benzene rings is 2. The molecule has 1 aliphatic rings. The zero-order valence-electron chi connectivity index (χ0n) is 19.4. The van der Waals surface area contributed by atoms with Gasteiger partial charge >= 0.3 is 0 Å². The van der Waals surface area contributed by atoms with Crippen LogP contribution in [-0.4, -0.2) is 40.8 Å². The number of hydrogen-bond acceptors (Lipinski definition) is 7. The van der Waals surface area contributed by atoms with Crippen LogP contribution in [0.4, 0.5) is 11.6 Å². The summed E-state index contributed by atoms with van der Waals surface area (Å²) in [5.41, 5.74) is 7.81. The topological polar surface area (TPSA) is 120 Å². The van der Waals surface area contributed by atoms with Gasteiger partial charge in [-0.2, -0.15) is 4.98 Å². The van der Waals surface area contributed by atoms with Crippen LogP contribution < -0.4 is 20.5 Å². The zero-order chi connectivity index (χ0) is 24.8. The summed E-state index contributed by atoms with van der Waals surface area (Å²) in [5, 5.41) is 3.23. The van der Waals surface area contributed by atoms with Gasteiger partial charge in [-0.05, 0) is 50.1 Å². The van der Waals surface area contributed by atoms with Gasteiger partial charge in [-0.3, -0.25) is 9.59 Å². The van der Waals surface area contributed by atoms with E-state index in [1.54, 1.807) is 37.1 Å². The largest absolute Gasteiger partial charge is 0.495 e. The number of hydrogen-bond donors (Lipinski definition) is 2. The molecule has 2 heterocycles. The summed E-state index contributed by atoms with van der Waals surface area (Å²) >= 11 is 6.31. The van der Waals surface area contributed by atoms with Crippen molar-refractivity contribution in [3.63, 3.8) is 0 Å². The predicted octanol–water partition coefficient (Wildman–Crippen LogP) is 4.40. The number of nitrogens with two attached hydrogens (primary N) is 1. The van der Waals surface area contributed by atoms with Crippen LogP contribution in [0.2, 0.25) is 5.02 Å². The Morgan fingerprint density at radius 1 is 1.24 bits per heavy atom. The van der Waals surface area contributed by atoms with Gasteiger partial charge in [0.15, 0.2) is 0 Å². The van der Waals surface area contributed by atoms with Gasteiger partial charge in [0, 0.05) is 12.6 Å². The third-order valence-electron chi connectivity index (χ3n) is 6.02. The highest BCUT2D eigenvalue weighted by molar-refractivity contribution is 6.31. The fourth-order valence-electron chi connectivity index (χ4n) is 3.88. The highest BCUT2D eigenvalue weighted by Gasteiger charge is 2.42. The Morgan fingerprint density at radius 3 is 2.65 bits per heavy atom. The highest BCUT2D eigenvalue weighted by atomic mass is 35.5. The minimum atomic E-state index is -0.556.